The molecule has 0 saturated heterocycles. The number of aliphatic imine (C=N–C) groups is 1. The van der Waals surface area contributed by atoms with Crippen LogP contribution in [0.5, 0.6) is 0 Å². The predicted octanol–water partition coefficient (Wildman–Crippen LogP) is -0.237. The van der Waals surface area contributed by atoms with Gasteiger partial charge in [-0.3, -0.25) is 0 Å². The minimum atomic E-state index is 0.458. The van der Waals surface area contributed by atoms with Crippen LogP contribution in [0.15, 0.2) is 4.99 Å². The van der Waals surface area contributed by atoms with E-state index in [4.69, 9.17) is 18.1 Å². The van der Waals surface area contributed by atoms with Crippen LogP contribution in [-0.4, -0.2) is 18.0 Å². The average molecular weight is 160 g/mol. The molecule has 0 amide bonds. The molecular weight excluding hydrogens is 148 g/mol. The normalized spacial score (nSPS) is 9.80. The summed E-state index contributed by atoms with van der Waals surface area (Å²) in [6.45, 7) is 2.90. The van der Waals surface area contributed by atoms with Gasteiger partial charge >= 0.3 is 0 Å². The van der Waals surface area contributed by atoms with E-state index >= 15 is 0 Å². The molecule has 5 heteroatoms. The van der Waals surface area contributed by atoms with Gasteiger partial charge in [-0.05, 0) is 18.6 Å². The summed E-state index contributed by atoms with van der Waals surface area (Å²) in [7, 11) is 0. The maximum absolute atomic E-state index is 4.92. The average Bonchev–Trinajstić information content (AvgIpc) is 1.97. The van der Waals surface area contributed by atoms with Crippen molar-refractivity contribution in [1.82, 2.24) is 10.7 Å². The van der Waals surface area contributed by atoms with E-state index in [2.05, 4.69) is 22.7 Å². The first-order valence-electron chi connectivity index (χ1n) is 3.07. The quantitative estimate of drug-likeness (QED) is 0.175. The highest BCUT2D eigenvalue weighted by atomic mass is 32.1. The highest BCUT2D eigenvalue weighted by Crippen LogP contribution is 1.74. The van der Waals surface area contributed by atoms with Crippen molar-refractivity contribution in [3.63, 3.8) is 0 Å². The van der Waals surface area contributed by atoms with Gasteiger partial charge in [-0.15, -0.1) is 0 Å². The molecule has 0 atom stereocenters. The monoisotopic (exact) mass is 160 g/mol. The molecule has 4 N–H and O–H groups in total. The first kappa shape index (κ1) is 9.32. The maximum Gasteiger partial charge on any atom is 0.194 e. The molecule has 4 nitrogen and oxygen atoms in total. The lowest BCUT2D eigenvalue weighted by Crippen LogP contribution is -2.24. The Labute approximate surface area is 65.9 Å². The Kier molecular flexibility index (Phi) is 6.00. The zero-order valence-corrected chi connectivity index (χ0v) is 6.74. The van der Waals surface area contributed by atoms with E-state index in [9.17, 15) is 0 Å². The van der Waals surface area contributed by atoms with Crippen LogP contribution in [0.4, 0.5) is 0 Å². The standard InChI is InChI=1S/C5H12N4S/c1-2-3-7-5(10)8-4-9-6/h4H,2-3,6H2,1H3,(H2,7,8,9,10). The molecule has 0 aromatic heterocycles. The summed E-state index contributed by atoms with van der Waals surface area (Å²) in [4.78, 5) is 3.74. The summed E-state index contributed by atoms with van der Waals surface area (Å²) in [6.07, 6.45) is 2.37. The van der Waals surface area contributed by atoms with Crippen molar-refractivity contribution in [2.45, 2.75) is 13.3 Å². The van der Waals surface area contributed by atoms with E-state index in [0.29, 0.717) is 5.11 Å². The molecule has 0 aliphatic heterocycles. The molecule has 0 bridgehead atoms. The van der Waals surface area contributed by atoms with Crippen LogP contribution in [0.1, 0.15) is 13.3 Å². The lowest BCUT2D eigenvalue weighted by molar-refractivity contribution is 0.843. The fraction of sp³-hybridized carbons (Fsp3) is 0.600. The Hall–Kier alpha value is -0.680. The zero-order valence-electron chi connectivity index (χ0n) is 5.92. The maximum atomic E-state index is 4.92. The van der Waals surface area contributed by atoms with Gasteiger partial charge < -0.3 is 10.7 Å². The van der Waals surface area contributed by atoms with Gasteiger partial charge in [-0.1, -0.05) is 6.92 Å². The fourth-order valence-electron chi connectivity index (χ4n) is 0.373. The van der Waals surface area contributed by atoms with Crippen molar-refractivity contribution in [2.24, 2.45) is 10.8 Å². The Bertz CT molecular complexity index is 123. The largest absolute Gasteiger partial charge is 0.361 e. The second-order valence-corrected chi connectivity index (χ2v) is 2.04. The van der Waals surface area contributed by atoms with Gasteiger partial charge in [0.15, 0.2) is 5.11 Å². The molecule has 10 heavy (non-hydrogen) atoms. The second-order valence-electron chi connectivity index (χ2n) is 1.66. The Morgan fingerprint density at radius 2 is 2.50 bits per heavy atom. The zero-order chi connectivity index (χ0) is 7.82. The van der Waals surface area contributed by atoms with Gasteiger partial charge in [0.05, 0.1) is 0 Å². The number of hydrogen-bond donors (Lipinski definition) is 3. The van der Waals surface area contributed by atoms with E-state index in [0.717, 1.165) is 13.0 Å². The van der Waals surface area contributed by atoms with E-state index in [-0.39, 0.29) is 0 Å². The minimum absolute atomic E-state index is 0.458. The van der Waals surface area contributed by atoms with Crippen molar-refractivity contribution in [3.05, 3.63) is 0 Å². The van der Waals surface area contributed by atoms with Gasteiger partial charge in [0, 0.05) is 6.54 Å². The summed E-state index contributed by atoms with van der Waals surface area (Å²) in [5.41, 5.74) is 2.26. The minimum Gasteiger partial charge on any atom is -0.361 e. The van der Waals surface area contributed by atoms with Crippen LogP contribution in [0, 0.1) is 0 Å². The number of nitrogens with zero attached hydrogens (tertiary/aromatic N) is 1. The van der Waals surface area contributed by atoms with Gasteiger partial charge in [-0.25, -0.2) is 10.8 Å². The fourth-order valence-corrected chi connectivity index (χ4v) is 0.528. The van der Waals surface area contributed by atoms with Crippen LogP contribution >= 0.6 is 12.2 Å². The number of hydrogen-bond acceptors (Lipinski definition) is 2. The third-order valence-electron chi connectivity index (χ3n) is 0.783. The molecule has 0 aliphatic rings. The van der Waals surface area contributed by atoms with Gasteiger partial charge in [0.25, 0.3) is 0 Å². The van der Waals surface area contributed by atoms with Crippen molar-refractivity contribution in [2.75, 3.05) is 6.54 Å². The number of hydrazine groups is 1. The Morgan fingerprint density at radius 1 is 1.80 bits per heavy atom. The van der Waals surface area contributed by atoms with E-state index < -0.39 is 0 Å². The number of nitrogens with two attached hydrogens (primary N) is 1. The van der Waals surface area contributed by atoms with Crippen molar-refractivity contribution < 1.29 is 0 Å². The van der Waals surface area contributed by atoms with E-state index in [1.165, 1.54) is 6.34 Å². The third-order valence-corrected chi connectivity index (χ3v) is 1.03. The van der Waals surface area contributed by atoms with Gasteiger partial charge in [-0.2, -0.15) is 0 Å². The smallest absolute Gasteiger partial charge is 0.194 e. The topological polar surface area (TPSA) is 62.4 Å². The van der Waals surface area contributed by atoms with E-state index in [1.807, 2.05) is 0 Å². The van der Waals surface area contributed by atoms with Crippen molar-refractivity contribution in [3.8, 4) is 0 Å². The predicted molar refractivity (Wildman–Crippen MR) is 46.7 cm³/mol. The Balaban J connectivity index is 3.34. The number of nitrogens with one attached hydrogen (secondary N) is 2. The van der Waals surface area contributed by atoms with Crippen molar-refractivity contribution in [1.29, 1.82) is 0 Å². The molecule has 0 fully saturated rings. The summed E-state index contributed by atoms with van der Waals surface area (Å²) >= 11 is 4.78. The van der Waals surface area contributed by atoms with E-state index in [1.54, 1.807) is 0 Å². The summed E-state index contributed by atoms with van der Waals surface area (Å²) in [6, 6.07) is 0. The first-order valence-corrected chi connectivity index (χ1v) is 3.48. The van der Waals surface area contributed by atoms with Crippen LogP contribution < -0.4 is 16.6 Å². The molecule has 0 rings (SSSR count). The first-order chi connectivity index (χ1) is 4.81. The molecule has 0 unspecified atom stereocenters. The second kappa shape index (κ2) is 6.44. The highest BCUT2D eigenvalue weighted by molar-refractivity contribution is 7.80. The molecule has 0 aromatic rings. The molecule has 0 spiro atoms. The molecule has 0 aromatic carbocycles. The summed E-state index contributed by atoms with van der Waals surface area (Å²) in [5.74, 6) is 4.92. The highest BCUT2D eigenvalue weighted by Gasteiger charge is 1.85. The van der Waals surface area contributed by atoms with Gasteiger partial charge in [0.2, 0.25) is 0 Å². The summed E-state index contributed by atoms with van der Waals surface area (Å²) in [5, 5.41) is 3.36. The molecule has 58 valence electrons. The SMILES string of the molecule is CCCNC(=S)N=CNN. The molecule has 0 saturated carbocycles. The summed E-state index contributed by atoms with van der Waals surface area (Å²) < 4.78 is 0. The van der Waals surface area contributed by atoms with Crippen LogP contribution in [0.3, 0.4) is 0 Å². The number of thiocarbonyl (C=S) groups is 1. The van der Waals surface area contributed by atoms with Crippen LogP contribution in [0.25, 0.3) is 0 Å². The Morgan fingerprint density at radius 3 is 3.00 bits per heavy atom. The number of rotatable bonds is 3. The van der Waals surface area contributed by atoms with Crippen LogP contribution in [0.2, 0.25) is 0 Å². The van der Waals surface area contributed by atoms with Gasteiger partial charge in [0.1, 0.15) is 6.34 Å². The van der Waals surface area contributed by atoms with Crippen LogP contribution in [-0.2, 0) is 0 Å². The third kappa shape index (κ3) is 5.46. The molecule has 0 heterocycles. The lowest BCUT2D eigenvalue weighted by atomic mass is 10.5. The molecule has 0 radical (unpaired) electrons. The van der Waals surface area contributed by atoms with Crippen molar-refractivity contribution >= 4 is 23.7 Å². The lowest BCUT2D eigenvalue weighted by Gasteiger charge is -1.98. The molecule has 0 aliphatic carbocycles. The molecular formula is C5H12N4S.